The number of rotatable bonds is 0. The summed E-state index contributed by atoms with van der Waals surface area (Å²) in [7, 11) is 0. The minimum absolute atomic E-state index is 0.173. The van der Waals surface area contributed by atoms with Crippen molar-refractivity contribution < 1.29 is 28.5 Å². The van der Waals surface area contributed by atoms with Crippen LogP contribution in [0.5, 0.6) is 0 Å². The Morgan fingerprint density at radius 3 is 1.38 bits per heavy atom. The van der Waals surface area contributed by atoms with Crippen LogP contribution in [0.2, 0.25) is 0 Å². The summed E-state index contributed by atoms with van der Waals surface area (Å²) in [6.45, 7) is 1.02. The molecule has 92 valence electrons. The third kappa shape index (κ3) is 6.10. The Morgan fingerprint density at radius 2 is 0.938 bits per heavy atom. The summed E-state index contributed by atoms with van der Waals surface area (Å²) < 4.78 is 19.1. The van der Waals surface area contributed by atoms with E-state index in [0.717, 1.165) is 19.3 Å². The van der Waals surface area contributed by atoms with Crippen LogP contribution in [0.1, 0.15) is 25.7 Å². The van der Waals surface area contributed by atoms with Gasteiger partial charge in [0.2, 0.25) is 0 Å². The third-order valence-corrected chi connectivity index (χ3v) is 1.96. The molecular weight excluding hydrogens is 216 g/mol. The first-order chi connectivity index (χ1) is 7.79. The zero-order valence-electron chi connectivity index (χ0n) is 9.11. The van der Waals surface area contributed by atoms with E-state index < -0.39 is 12.3 Å². The fourth-order valence-electron chi connectivity index (χ4n) is 1.15. The van der Waals surface area contributed by atoms with Gasteiger partial charge in [-0.15, -0.1) is 0 Å². The molecule has 1 aliphatic heterocycles. The Bertz CT molecular complexity index is 205. The second-order valence-electron chi connectivity index (χ2n) is 3.31. The smallest absolute Gasteiger partial charge is 0.434 e. The largest absolute Gasteiger partial charge is 0.508 e. The van der Waals surface area contributed by atoms with Gasteiger partial charge < -0.3 is 18.9 Å². The van der Waals surface area contributed by atoms with E-state index in [2.05, 4.69) is 0 Å². The van der Waals surface area contributed by atoms with Gasteiger partial charge in [-0.1, -0.05) is 0 Å². The quantitative estimate of drug-likeness (QED) is 0.594. The molecule has 1 heterocycles. The minimum Gasteiger partial charge on any atom is -0.434 e. The minimum atomic E-state index is -0.667. The van der Waals surface area contributed by atoms with Crippen LogP contribution >= 0.6 is 0 Å². The van der Waals surface area contributed by atoms with E-state index in [4.69, 9.17) is 18.9 Å². The number of ether oxygens (including phenoxy) is 4. The van der Waals surface area contributed by atoms with Gasteiger partial charge in [0.25, 0.3) is 0 Å². The van der Waals surface area contributed by atoms with E-state index in [9.17, 15) is 9.59 Å². The summed E-state index contributed by atoms with van der Waals surface area (Å²) >= 11 is 0. The predicted molar refractivity (Wildman–Crippen MR) is 53.1 cm³/mol. The Morgan fingerprint density at radius 1 is 0.562 bits per heavy atom. The zero-order valence-corrected chi connectivity index (χ0v) is 9.11. The zero-order chi connectivity index (χ0) is 11.6. The van der Waals surface area contributed by atoms with Gasteiger partial charge in [0.1, 0.15) is 0 Å². The molecule has 0 aromatic rings. The van der Waals surface area contributed by atoms with Crippen LogP contribution < -0.4 is 0 Å². The summed E-state index contributed by atoms with van der Waals surface area (Å²) in [5.74, 6) is 0. The topological polar surface area (TPSA) is 71.1 Å². The third-order valence-electron chi connectivity index (χ3n) is 1.96. The maximum Gasteiger partial charge on any atom is 0.508 e. The fraction of sp³-hybridized carbons (Fsp3) is 0.800. The molecule has 6 heteroatoms. The number of carbonyl (C=O) groups is 2. The Hall–Kier alpha value is -1.46. The first-order valence-electron chi connectivity index (χ1n) is 5.38. The van der Waals surface area contributed by atoms with E-state index in [1.54, 1.807) is 0 Å². The normalized spacial score (nSPS) is 20.8. The lowest BCUT2D eigenvalue weighted by atomic mass is 10.2. The van der Waals surface area contributed by atoms with Gasteiger partial charge >= 0.3 is 12.3 Å². The molecule has 0 radical (unpaired) electrons. The molecule has 0 atom stereocenters. The number of carbonyl (C=O) groups excluding carboxylic acids is 2. The maximum atomic E-state index is 10.9. The van der Waals surface area contributed by atoms with Crippen LogP contribution in [-0.4, -0.2) is 38.7 Å². The molecule has 0 bridgehead atoms. The van der Waals surface area contributed by atoms with Crippen LogP contribution in [0.4, 0.5) is 9.59 Å². The fourth-order valence-corrected chi connectivity index (χ4v) is 1.15. The summed E-state index contributed by atoms with van der Waals surface area (Å²) in [6.07, 6.45) is 1.38. The van der Waals surface area contributed by atoms with Gasteiger partial charge in [0.15, 0.2) is 0 Å². The molecule has 0 spiro atoms. The monoisotopic (exact) mass is 232 g/mol. The Balaban J connectivity index is 2.23. The average Bonchev–Trinajstić information content (AvgIpc) is 2.26. The van der Waals surface area contributed by atoms with Crippen LogP contribution in [-0.2, 0) is 18.9 Å². The second kappa shape index (κ2) is 7.78. The average molecular weight is 232 g/mol. The highest BCUT2D eigenvalue weighted by molar-refractivity contribution is 5.60. The van der Waals surface area contributed by atoms with Crippen LogP contribution in [0.15, 0.2) is 0 Å². The molecule has 0 saturated carbocycles. The maximum absolute atomic E-state index is 10.9. The van der Waals surface area contributed by atoms with Gasteiger partial charge in [-0.2, -0.15) is 0 Å². The lowest BCUT2D eigenvalue weighted by molar-refractivity contribution is 0.0318. The number of hydrogen-bond acceptors (Lipinski definition) is 6. The number of hydrogen-bond donors (Lipinski definition) is 0. The molecule has 0 aromatic carbocycles. The Labute approximate surface area is 93.8 Å². The molecular formula is C10H16O6. The van der Waals surface area contributed by atoms with E-state index >= 15 is 0 Å². The molecule has 0 N–H and O–H groups in total. The van der Waals surface area contributed by atoms with E-state index in [1.807, 2.05) is 0 Å². The van der Waals surface area contributed by atoms with Crippen molar-refractivity contribution in [2.24, 2.45) is 0 Å². The molecule has 0 amide bonds. The van der Waals surface area contributed by atoms with Crippen LogP contribution in [0.25, 0.3) is 0 Å². The molecule has 1 aliphatic rings. The molecule has 6 nitrogen and oxygen atoms in total. The first-order valence-corrected chi connectivity index (χ1v) is 5.38. The van der Waals surface area contributed by atoms with Crippen molar-refractivity contribution in [3.8, 4) is 0 Å². The van der Waals surface area contributed by atoms with Gasteiger partial charge in [0.05, 0.1) is 26.4 Å². The van der Waals surface area contributed by atoms with Crippen LogP contribution in [0, 0.1) is 0 Å². The van der Waals surface area contributed by atoms with Gasteiger partial charge in [-0.05, 0) is 19.3 Å². The van der Waals surface area contributed by atoms with Crippen molar-refractivity contribution >= 4 is 12.3 Å². The molecule has 1 rings (SSSR count). The molecule has 16 heavy (non-hydrogen) atoms. The van der Waals surface area contributed by atoms with Crippen molar-refractivity contribution in [1.29, 1.82) is 0 Å². The molecule has 0 aromatic heterocycles. The van der Waals surface area contributed by atoms with Crippen molar-refractivity contribution in [3.63, 3.8) is 0 Å². The molecule has 0 unspecified atom stereocenters. The van der Waals surface area contributed by atoms with Crippen molar-refractivity contribution in [2.45, 2.75) is 25.7 Å². The van der Waals surface area contributed by atoms with Crippen molar-refractivity contribution in [1.82, 2.24) is 0 Å². The van der Waals surface area contributed by atoms with E-state index in [-0.39, 0.29) is 13.2 Å². The number of cyclic esters (lactones) is 4. The van der Waals surface area contributed by atoms with E-state index in [1.165, 1.54) is 0 Å². The van der Waals surface area contributed by atoms with E-state index in [0.29, 0.717) is 19.6 Å². The molecule has 1 saturated heterocycles. The lowest BCUT2D eigenvalue weighted by Crippen LogP contribution is -2.14. The molecule has 1 fully saturated rings. The summed E-state index contributed by atoms with van der Waals surface area (Å²) in [5.41, 5.74) is 0. The summed E-state index contributed by atoms with van der Waals surface area (Å²) in [5, 5.41) is 0. The van der Waals surface area contributed by atoms with Crippen LogP contribution in [0.3, 0.4) is 0 Å². The SMILES string of the molecule is O=C1OCCCCCOC(=O)OCCCO1. The summed E-state index contributed by atoms with van der Waals surface area (Å²) in [4.78, 5) is 21.9. The summed E-state index contributed by atoms with van der Waals surface area (Å²) in [6, 6.07) is 0. The predicted octanol–water partition coefficient (Wildman–Crippen LogP) is 1.87. The van der Waals surface area contributed by atoms with Gasteiger partial charge in [0, 0.05) is 6.42 Å². The first kappa shape index (κ1) is 12.6. The second-order valence-corrected chi connectivity index (χ2v) is 3.31. The highest BCUT2D eigenvalue weighted by Gasteiger charge is 2.07. The lowest BCUT2D eigenvalue weighted by Gasteiger charge is -2.09. The highest BCUT2D eigenvalue weighted by atomic mass is 16.7. The van der Waals surface area contributed by atoms with Gasteiger partial charge in [-0.3, -0.25) is 0 Å². The standard InChI is InChI=1S/C10H16O6/c11-9-13-5-2-1-3-6-14-10(12)16-8-4-7-15-9/h1-8H2. The molecule has 0 aliphatic carbocycles. The Kier molecular flexibility index (Phi) is 6.13. The highest BCUT2D eigenvalue weighted by Crippen LogP contribution is 2.00. The van der Waals surface area contributed by atoms with Crippen molar-refractivity contribution in [3.05, 3.63) is 0 Å². The van der Waals surface area contributed by atoms with Gasteiger partial charge in [-0.25, -0.2) is 9.59 Å². The van der Waals surface area contributed by atoms with Crippen molar-refractivity contribution in [2.75, 3.05) is 26.4 Å².